The fraction of sp³-hybridized carbons (Fsp3) is 0.115. The van der Waals surface area contributed by atoms with E-state index in [1.54, 1.807) is 0 Å². The molecular weight excluding hydrogens is 360 g/mol. The first-order valence-electron chi connectivity index (χ1n) is 9.57. The number of aliphatic hydroxyl groups is 1. The van der Waals surface area contributed by atoms with E-state index in [2.05, 4.69) is 30.3 Å². The van der Waals surface area contributed by atoms with Crippen LogP contribution in [0.15, 0.2) is 78.4 Å². The van der Waals surface area contributed by atoms with Gasteiger partial charge >= 0.3 is 5.97 Å². The number of hydrogen-bond donors (Lipinski definition) is 2. The molecule has 0 aromatic heterocycles. The number of rotatable bonds is 4. The Kier molecular flexibility index (Phi) is 4.91. The van der Waals surface area contributed by atoms with Crippen LogP contribution in [0.2, 0.25) is 0 Å². The van der Waals surface area contributed by atoms with Gasteiger partial charge in [0.05, 0.1) is 0 Å². The Labute approximate surface area is 170 Å². The van der Waals surface area contributed by atoms with E-state index in [1.165, 1.54) is 0 Å². The Morgan fingerprint density at radius 2 is 1.52 bits per heavy atom. The van der Waals surface area contributed by atoms with Gasteiger partial charge in [0.1, 0.15) is 0 Å². The van der Waals surface area contributed by atoms with Crippen molar-refractivity contribution in [2.24, 2.45) is 0 Å². The molecule has 0 heterocycles. The van der Waals surface area contributed by atoms with Gasteiger partial charge in [0.25, 0.3) is 0 Å². The third-order valence-electron chi connectivity index (χ3n) is 5.49. The molecule has 0 fully saturated rings. The maximum atomic E-state index is 11.6. The van der Waals surface area contributed by atoms with Crippen molar-refractivity contribution in [1.29, 1.82) is 0 Å². The fourth-order valence-electron chi connectivity index (χ4n) is 4.09. The summed E-state index contributed by atoms with van der Waals surface area (Å²) in [7, 11) is 0. The normalized spacial score (nSPS) is 15.5. The van der Waals surface area contributed by atoms with E-state index in [1.807, 2.05) is 62.4 Å². The molecule has 1 aliphatic rings. The lowest BCUT2D eigenvalue weighted by Crippen LogP contribution is -2.21. The maximum absolute atomic E-state index is 11.6. The number of aliphatic carboxylic acids is 1. The van der Waals surface area contributed by atoms with Crippen LogP contribution in [0.5, 0.6) is 0 Å². The molecule has 1 atom stereocenters. The average molecular weight is 382 g/mol. The van der Waals surface area contributed by atoms with Gasteiger partial charge in [0.2, 0.25) is 0 Å². The Bertz CT molecular complexity index is 1150. The SMILES string of the molecule is CC1=C(C(O)C(=O)O)c2c(C)cccc2C1=Cc1ccccc1-c1ccccc1. The van der Waals surface area contributed by atoms with Crippen LogP contribution in [0.4, 0.5) is 0 Å². The number of fused-ring (bicyclic) bond motifs is 1. The molecule has 4 rings (SSSR count). The predicted molar refractivity (Wildman–Crippen MR) is 117 cm³/mol. The van der Waals surface area contributed by atoms with Crippen molar-refractivity contribution in [3.05, 3.63) is 101 Å². The van der Waals surface area contributed by atoms with Crippen molar-refractivity contribution in [2.75, 3.05) is 0 Å². The summed E-state index contributed by atoms with van der Waals surface area (Å²) in [5, 5.41) is 19.8. The van der Waals surface area contributed by atoms with Gasteiger partial charge in [-0.3, -0.25) is 0 Å². The summed E-state index contributed by atoms with van der Waals surface area (Å²) in [4.78, 5) is 11.6. The molecule has 3 aromatic rings. The molecule has 0 aliphatic heterocycles. The van der Waals surface area contributed by atoms with Crippen LogP contribution in [0.1, 0.15) is 29.2 Å². The third kappa shape index (κ3) is 3.30. The highest BCUT2D eigenvalue weighted by Gasteiger charge is 2.32. The zero-order valence-electron chi connectivity index (χ0n) is 16.4. The lowest BCUT2D eigenvalue weighted by atomic mass is 9.94. The van der Waals surface area contributed by atoms with Gasteiger partial charge in [-0.15, -0.1) is 0 Å². The minimum Gasteiger partial charge on any atom is -0.479 e. The van der Waals surface area contributed by atoms with E-state index < -0.39 is 12.1 Å². The second-order valence-corrected chi connectivity index (χ2v) is 7.29. The second kappa shape index (κ2) is 7.53. The van der Waals surface area contributed by atoms with Crippen molar-refractivity contribution in [1.82, 2.24) is 0 Å². The third-order valence-corrected chi connectivity index (χ3v) is 5.49. The number of carboxylic acid groups (broad SMARTS) is 1. The number of aliphatic hydroxyl groups excluding tert-OH is 1. The van der Waals surface area contributed by atoms with E-state index in [0.717, 1.165) is 44.5 Å². The summed E-state index contributed by atoms with van der Waals surface area (Å²) >= 11 is 0. The van der Waals surface area contributed by atoms with Crippen LogP contribution < -0.4 is 0 Å². The Balaban J connectivity index is 1.94. The van der Waals surface area contributed by atoms with Gasteiger partial charge in [-0.2, -0.15) is 0 Å². The summed E-state index contributed by atoms with van der Waals surface area (Å²) in [6.45, 7) is 3.83. The number of aryl methyl sites for hydroxylation is 1. The molecule has 3 aromatic carbocycles. The quantitative estimate of drug-likeness (QED) is 0.632. The van der Waals surface area contributed by atoms with Crippen molar-refractivity contribution < 1.29 is 15.0 Å². The van der Waals surface area contributed by atoms with Crippen LogP contribution in [0.3, 0.4) is 0 Å². The van der Waals surface area contributed by atoms with Gasteiger partial charge < -0.3 is 10.2 Å². The summed E-state index contributed by atoms with van der Waals surface area (Å²) in [5.41, 5.74) is 8.24. The van der Waals surface area contributed by atoms with Gasteiger partial charge in [-0.05, 0) is 64.5 Å². The van der Waals surface area contributed by atoms with Crippen LogP contribution in [-0.4, -0.2) is 22.3 Å². The minimum absolute atomic E-state index is 0.481. The lowest BCUT2D eigenvalue weighted by molar-refractivity contribution is -0.143. The molecule has 144 valence electrons. The molecule has 0 radical (unpaired) electrons. The summed E-state index contributed by atoms with van der Waals surface area (Å²) in [5.74, 6) is -1.24. The average Bonchev–Trinajstić information content (AvgIpc) is 3.01. The topological polar surface area (TPSA) is 57.5 Å². The number of hydrogen-bond acceptors (Lipinski definition) is 2. The van der Waals surface area contributed by atoms with Gasteiger partial charge in [-0.1, -0.05) is 72.8 Å². The first-order chi connectivity index (χ1) is 14.0. The van der Waals surface area contributed by atoms with Crippen molar-refractivity contribution in [3.8, 4) is 11.1 Å². The lowest BCUT2D eigenvalue weighted by Gasteiger charge is -2.12. The van der Waals surface area contributed by atoms with Crippen LogP contribution in [0, 0.1) is 6.92 Å². The van der Waals surface area contributed by atoms with Crippen molar-refractivity contribution in [2.45, 2.75) is 20.0 Å². The minimum atomic E-state index is -1.55. The van der Waals surface area contributed by atoms with Gasteiger partial charge in [0, 0.05) is 5.57 Å². The summed E-state index contributed by atoms with van der Waals surface area (Å²) in [6, 6.07) is 24.2. The highest BCUT2D eigenvalue weighted by atomic mass is 16.4. The van der Waals surface area contributed by atoms with E-state index in [9.17, 15) is 15.0 Å². The molecule has 0 bridgehead atoms. The molecule has 29 heavy (non-hydrogen) atoms. The van der Waals surface area contributed by atoms with E-state index in [-0.39, 0.29) is 0 Å². The fourth-order valence-corrected chi connectivity index (χ4v) is 4.09. The molecule has 0 saturated heterocycles. The van der Waals surface area contributed by atoms with Gasteiger partial charge in [-0.25, -0.2) is 4.79 Å². The van der Waals surface area contributed by atoms with E-state index in [0.29, 0.717) is 5.57 Å². The Morgan fingerprint density at radius 1 is 0.862 bits per heavy atom. The Morgan fingerprint density at radius 3 is 2.24 bits per heavy atom. The smallest absolute Gasteiger partial charge is 0.337 e. The molecule has 0 saturated carbocycles. The molecule has 2 N–H and O–H groups in total. The molecule has 1 aliphatic carbocycles. The number of carbonyl (C=O) groups is 1. The highest BCUT2D eigenvalue weighted by molar-refractivity contribution is 6.10. The zero-order valence-corrected chi connectivity index (χ0v) is 16.4. The summed E-state index contributed by atoms with van der Waals surface area (Å²) in [6.07, 6.45) is 0.544. The molecule has 3 heteroatoms. The largest absolute Gasteiger partial charge is 0.479 e. The predicted octanol–water partition coefficient (Wildman–Crippen LogP) is 5.44. The van der Waals surface area contributed by atoms with Gasteiger partial charge in [0.15, 0.2) is 6.10 Å². The number of allylic oxidation sites excluding steroid dienone is 2. The standard InChI is InChI=1S/C26H22O3/c1-16-9-8-14-21-22(17(2)24(23(16)21)25(27)26(28)29)15-19-12-6-7-13-20(19)18-10-4-3-5-11-18/h3-15,25,27H,1-2H3,(H,28,29). The van der Waals surface area contributed by atoms with Crippen LogP contribution in [-0.2, 0) is 4.79 Å². The molecule has 3 nitrogen and oxygen atoms in total. The van der Waals surface area contributed by atoms with Crippen molar-refractivity contribution in [3.63, 3.8) is 0 Å². The summed E-state index contributed by atoms with van der Waals surface area (Å²) < 4.78 is 0. The monoisotopic (exact) mass is 382 g/mol. The zero-order chi connectivity index (χ0) is 20.5. The first-order valence-corrected chi connectivity index (χ1v) is 9.57. The molecule has 0 amide bonds. The molecule has 0 spiro atoms. The number of benzene rings is 3. The second-order valence-electron chi connectivity index (χ2n) is 7.29. The van der Waals surface area contributed by atoms with Crippen molar-refractivity contribution >= 4 is 23.2 Å². The Hall–Kier alpha value is -3.43. The van der Waals surface area contributed by atoms with Crippen LogP contribution >= 0.6 is 0 Å². The maximum Gasteiger partial charge on any atom is 0.337 e. The first kappa shape index (κ1) is 18.9. The number of carboxylic acids is 1. The van der Waals surface area contributed by atoms with Crippen LogP contribution in [0.25, 0.3) is 28.3 Å². The highest BCUT2D eigenvalue weighted by Crippen LogP contribution is 2.45. The van der Waals surface area contributed by atoms with E-state index in [4.69, 9.17) is 0 Å². The molecule has 1 unspecified atom stereocenters. The molecular formula is C26H22O3. The van der Waals surface area contributed by atoms with E-state index >= 15 is 0 Å².